The van der Waals surface area contributed by atoms with Crippen LogP contribution in [0.2, 0.25) is 5.02 Å². The molecule has 0 aliphatic rings. The highest BCUT2D eigenvalue weighted by atomic mass is 35.5. The number of phenols is 1. The molecule has 0 fully saturated rings. The van der Waals surface area contributed by atoms with E-state index in [0.717, 1.165) is 0 Å². The van der Waals surface area contributed by atoms with Crippen LogP contribution in [0.3, 0.4) is 0 Å². The maximum Gasteiger partial charge on any atom is 0.262 e. The van der Waals surface area contributed by atoms with Gasteiger partial charge in [0.1, 0.15) is 11.8 Å². The van der Waals surface area contributed by atoms with Gasteiger partial charge in [-0.05, 0) is 67.6 Å². The Balaban J connectivity index is 2.02. The summed E-state index contributed by atoms with van der Waals surface area (Å²) < 4.78 is 10.9. The van der Waals surface area contributed by atoms with Crippen molar-refractivity contribution in [2.24, 2.45) is 11.0 Å². The minimum Gasteiger partial charge on any atom is -0.504 e. The number of benzene rings is 2. The molecule has 0 saturated carbocycles. The summed E-state index contributed by atoms with van der Waals surface area (Å²) >= 11 is 5.85. The van der Waals surface area contributed by atoms with Crippen LogP contribution >= 0.6 is 11.6 Å². The predicted molar refractivity (Wildman–Crippen MR) is 137 cm³/mol. The van der Waals surface area contributed by atoms with E-state index in [-0.39, 0.29) is 18.3 Å². The van der Waals surface area contributed by atoms with E-state index in [4.69, 9.17) is 21.1 Å². The summed E-state index contributed by atoms with van der Waals surface area (Å²) in [6.07, 6.45) is 3.99. The summed E-state index contributed by atoms with van der Waals surface area (Å²) in [5.41, 5.74) is 3.73. The number of nitrogens with zero attached hydrogens (tertiary/aromatic N) is 1. The van der Waals surface area contributed by atoms with Crippen LogP contribution in [0.4, 0.5) is 0 Å². The van der Waals surface area contributed by atoms with Crippen molar-refractivity contribution in [2.45, 2.75) is 39.7 Å². The van der Waals surface area contributed by atoms with Crippen molar-refractivity contribution >= 4 is 29.6 Å². The molecule has 0 saturated heterocycles. The molecule has 2 aromatic carbocycles. The highest BCUT2D eigenvalue weighted by Gasteiger charge is 2.22. The second-order valence-electron chi connectivity index (χ2n) is 8.18. The van der Waals surface area contributed by atoms with Gasteiger partial charge in [0.2, 0.25) is 0 Å². The largest absolute Gasteiger partial charge is 0.504 e. The lowest BCUT2D eigenvalue weighted by Crippen LogP contribution is -2.47. The van der Waals surface area contributed by atoms with Gasteiger partial charge in [-0.15, -0.1) is 6.58 Å². The number of aromatic hydroxyl groups is 1. The summed E-state index contributed by atoms with van der Waals surface area (Å²) in [5, 5.41) is 17.6. The van der Waals surface area contributed by atoms with Crippen LogP contribution in [0.15, 0.2) is 54.2 Å². The average Bonchev–Trinajstić information content (AvgIpc) is 2.81. The summed E-state index contributed by atoms with van der Waals surface area (Å²) in [6.45, 7) is 9.56. The number of phenolic OH excluding ortho intramolecular Hbond substituents is 1. The SMILES string of the molecule is C=CCc1cc(/C=N\NC(=O)[C@@H](CC(C)C)NC(=O)COc2ccc(Cl)cc2)cc(OCC)c1O. The van der Waals surface area contributed by atoms with Crippen LogP contribution in [0.1, 0.15) is 38.3 Å². The van der Waals surface area contributed by atoms with Crippen molar-refractivity contribution < 1.29 is 24.2 Å². The van der Waals surface area contributed by atoms with Gasteiger partial charge in [0.15, 0.2) is 18.1 Å². The number of allylic oxidation sites excluding steroid dienone is 1. The maximum absolute atomic E-state index is 12.7. The molecule has 35 heavy (non-hydrogen) atoms. The maximum atomic E-state index is 12.7. The van der Waals surface area contributed by atoms with E-state index in [0.29, 0.717) is 47.1 Å². The smallest absolute Gasteiger partial charge is 0.262 e. The minimum atomic E-state index is -0.788. The highest BCUT2D eigenvalue weighted by molar-refractivity contribution is 6.30. The van der Waals surface area contributed by atoms with Gasteiger partial charge in [-0.2, -0.15) is 5.10 Å². The summed E-state index contributed by atoms with van der Waals surface area (Å²) in [4.78, 5) is 25.1. The molecular formula is C26H32ClN3O5. The highest BCUT2D eigenvalue weighted by Crippen LogP contribution is 2.32. The Labute approximate surface area is 211 Å². The number of ether oxygens (including phenoxy) is 2. The summed E-state index contributed by atoms with van der Waals surface area (Å²) in [6, 6.07) is 9.20. The molecule has 0 bridgehead atoms. The fraction of sp³-hybridized carbons (Fsp3) is 0.346. The van der Waals surface area contributed by atoms with Gasteiger partial charge in [-0.25, -0.2) is 5.43 Å². The standard InChI is InChI=1S/C26H32ClN3O5/c1-5-7-19-13-18(14-23(25(19)32)34-6-2)15-28-30-26(33)22(12-17(3)4)29-24(31)16-35-21-10-8-20(27)9-11-21/h5,8-11,13-15,17,22,32H,1,6-7,12,16H2,2-4H3,(H,29,31)(H,30,33)/b28-15-/t22-/m1/s1. The normalized spacial score (nSPS) is 11.8. The third-order valence-electron chi connectivity index (χ3n) is 4.77. The van der Waals surface area contributed by atoms with Gasteiger partial charge in [-0.1, -0.05) is 31.5 Å². The van der Waals surface area contributed by atoms with Crippen molar-refractivity contribution in [3.05, 3.63) is 65.2 Å². The zero-order valence-corrected chi connectivity index (χ0v) is 21.0. The van der Waals surface area contributed by atoms with Crippen LogP contribution in [-0.4, -0.2) is 42.4 Å². The van der Waals surface area contributed by atoms with Crippen molar-refractivity contribution in [3.63, 3.8) is 0 Å². The zero-order valence-electron chi connectivity index (χ0n) is 20.2. The number of hydrazone groups is 1. The molecular weight excluding hydrogens is 470 g/mol. The first-order chi connectivity index (χ1) is 16.7. The first-order valence-corrected chi connectivity index (χ1v) is 11.7. The van der Waals surface area contributed by atoms with E-state index in [2.05, 4.69) is 22.4 Å². The molecule has 0 aliphatic heterocycles. The molecule has 2 amide bonds. The topological polar surface area (TPSA) is 109 Å². The first-order valence-electron chi connectivity index (χ1n) is 11.3. The van der Waals surface area contributed by atoms with Crippen LogP contribution < -0.4 is 20.2 Å². The number of rotatable bonds is 13. The van der Waals surface area contributed by atoms with E-state index in [1.807, 2.05) is 20.8 Å². The monoisotopic (exact) mass is 501 g/mol. The van der Waals surface area contributed by atoms with E-state index in [9.17, 15) is 14.7 Å². The van der Waals surface area contributed by atoms with Gasteiger partial charge < -0.3 is 19.9 Å². The second-order valence-corrected chi connectivity index (χ2v) is 8.62. The van der Waals surface area contributed by atoms with Crippen molar-refractivity contribution in [1.29, 1.82) is 0 Å². The molecule has 0 aromatic heterocycles. The number of carbonyl (C=O) groups excluding carboxylic acids is 2. The Kier molecular flexibility index (Phi) is 11.1. The minimum absolute atomic E-state index is 0.0495. The molecule has 3 N–H and O–H groups in total. The lowest BCUT2D eigenvalue weighted by atomic mass is 10.0. The first kappa shape index (κ1) is 27.7. The van der Waals surface area contributed by atoms with Crippen molar-refractivity contribution in [2.75, 3.05) is 13.2 Å². The Morgan fingerprint density at radius 3 is 2.54 bits per heavy atom. The lowest BCUT2D eigenvalue weighted by molar-refractivity contribution is -0.130. The molecule has 0 heterocycles. The summed E-state index contributed by atoms with van der Waals surface area (Å²) in [7, 11) is 0. The molecule has 0 radical (unpaired) electrons. The fourth-order valence-corrected chi connectivity index (χ4v) is 3.33. The van der Waals surface area contributed by atoms with E-state index >= 15 is 0 Å². The molecule has 2 aromatic rings. The van der Waals surface area contributed by atoms with Crippen LogP contribution in [0.5, 0.6) is 17.2 Å². The predicted octanol–water partition coefficient (Wildman–Crippen LogP) is 4.23. The number of hydrogen-bond donors (Lipinski definition) is 3. The summed E-state index contributed by atoms with van der Waals surface area (Å²) in [5.74, 6) is 0.136. The van der Waals surface area contributed by atoms with Gasteiger partial charge in [-0.3, -0.25) is 9.59 Å². The molecule has 8 nitrogen and oxygen atoms in total. The zero-order chi connectivity index (χ0) is 25.8. The van der Waals surface area contributed by atoms with Crippen molar-refractivity contribution in [3.8, 4) is 17.2 Å². The Hall–Kier alpha value is -3.52. The van der Waals surface area contributed by atoms with Crippen LogP contribution in [0.25, 0.3) is 0 Å². The average molecular weight is 502 g/mol. The Morgan fingerprint density at radius 2 is 1.91 bits per heavy atom. The Bertz CT molecular complexity index is 1040. The van der Waals surface area contributed by atoms with E-state index in [1.165, 1.54) is 6.21 Å². The number of hydrogen-bond acceptors (Lipinski definition) is 6. The molecule has 2 rings (SSSR count). The molecule has 188 valence electrons. The third-order valence-corrected chi connectivity index (χ3v) is 5.02. The van der Waals surface area contributed by atoms with Gasteiger partial charge in [0, 0.05) is 10.6 Å². The lowest BCUT2D eigenvalue weighted by Gasteiger charge is -2.19. The van der Waals surface area contributed by atoms with Gasteiger partial charge in [0.25, 0.3) is 11.8 Å². The molecule has 1 atom stereocenters. The van der Waals surface area contributed by atoms with Crippen LogP contribution in [-0.2, 0) is 16.0 Å². The quantitative estimate of drug-likeness (QED) is 0.216. The molecule has 0 spiro atoms. The molecule has 0 aliphatic carbocycles. The second kappa shape index (κ2) is 14.0. The van der Waals surface area contributed by atoms with Crippen LogP contribution in [0, 0.1) is 5.92 Å². The number of halogens is 1. The molecule has 9 heteroatoms. The van der Waals surface area contributed by atoms with Crippen molar-refractivity contribution in [1.82, 2.24) is 10.7 Å². The fourth-order valence-electron chi connectivity index (χ4n) is 3.21. The number of nitrogens with one attached hydrogen (secondary N) is 2. The van der Waals surface area contributed by atoms with Gasteiger partial charge in [0.05, 0.1) is 12.8 Å². The third kappa shape index (κ3) is 9.33. The van der Waals surface area contributed by atoms with E-state index < -0.39 is 17.9 Å². The Morgan fingerprint density at radius 1 is 1.20 bits per heavy atom. The molecule has 0 unspecified atom stereocenters. The number of carbonyl (C=O) groups is 2. The van der Waals surface area contributed by atoms with E-state index in [1.54, 1.807) is 42.5 Å². The number of amides is 2. The van der Waals surface area contributed by atoms with Gasteiger partial charge >= 0.3 is 0 Å².